The number of rotatable bonds is 6. The number of ether oxygens (including phenoxy) is 1. The van der Waals surface area contributed by atoms with Crippen LogP contribution in [0.15, 0.2) is 41.5 Å². The fourth-order valence-corrected chi connectivity index (χ4v) is 2.29. The van der Waals surface area contributed by atoms with Crippen LogP contribution in [0.3, 0.4) is 0 Å². The first-order valence-electron chi connectivity index (χ1n) is 6.30. The highest BCUT2D eigenvalue weighted by Gasteiger charge is 2.06. The Hall–Kier alpha value is -2.74. The number of nitro benzene ring substituents is 1. The highest BCUT2D eigenvalue weighted by atomic mass is 32.1. The number of hydrazone groups is 1. The van der Waals surface area contributed by atoms with Crippen molar-refractivity contribution in [2.75, 3.05) is 6.61 Å². The molecule has 0 radical (unpaired) electrons. The van der Waals surface area contributed by atoms with Gasteiger partial charge in [-0.05, 0) is 31.2 Å². The Morgan fingerprint density at radius 2 is 2.09 bits per heavy atom. The van der Waals surface area contributed by atoms with Gasteiger partial charge in [0.25, 0.3) is 11.6 Å². The minimum absolute atomic E-state index is 0.0346. The van der Waals surface area contributed by atoms with Gasteiger partial charge in [0, 0.05) is 21.9 Å². The molecule has 0 saturated carbocycles. The molecule has 0 saturated heterocycles. The van der Waals surface area contributed by atoms with Crippen molar-refractivity contribution in [2.24, 2.45) is 5.10 Å². The van der Waals surface area contributed by atoms with Crippen LogP contribution in [0.25, 0.3) is 0 Å². The van der Waals surface area contributed by atoms with Gasteiger partial charge in [-0.3, -0.25) is 14.9 Å². The van der Waals surface area contributed by atoms with Crippen LogP contribution >= 0.6 is 11.3 Å². The molecule has 1 heterocycles. The van der Waals surface area contributed by atoms with Crippen molar-refractivity contribution in [1.82, 2.24) is 5.43 Å². The van der Waals surface area contributed by atoms with Gasteiger partial charge in [0.2, 0.25) is 0 Å². The number of nitro groups is 1. The Morgan fingerprint density at radius 3 is 2.68 bits per heavy atom. The first-order valence-corrected chi connectivity index (χ1v) is 7.12. The van der Waals surface area contributed by atoms with Gasteiger partial charge in [0.05, 0.1) is 11.1 Å². The summed E-state index contributed by atoms with van der Waals surface area (Å²) in [6, 6.07) is 9.36. The first-order chi connectivity index (χ1) is 10.5. The van der Waals surface area contributed by atoms with Gasteiger partial charge in [0.15, 0.2) is 6.61 Å². The molecule has 0 aliphatic carbocycles. The van der Waals surface area contributed by atoms with E-state index in [4.69, 9.17) is 4.74 Å². The predicted octanol–water partition coefficient (Wildman–Crippen LogP) is 2.49. The highest BCUT2D eigenvalue weighted by molar-refractivity contribution is 7.13. The molecule has 0 bridgehead atoms. The van der Waals surface area contributed by atoms with Crippen molar-refractivity contribution in [2.45, 2.75) is 6.92 Å². The van der Waals surface area contributed by atoms with Gasteiger partial charge in [-0.15, -0.1) is 11.3 Å². The van der Waals surface area contributed by atoms with Gasteiger partial charge in [-0.25, -0.2) is 5.43 Å². The summed E-state index contributed by atoms with van der Waals surface area (Å²) < 4.78 is 5.20. The molecule has 7 nitrogen and oxygen atoms in total. The molecule has 8 heteroatoms. The summed E-state index contributed by atoms with van der Waals surface area (Å²) in [7, 11) is 0. The lowest BCUT2D eigenvalue weighted by Gasteiger charge is -2.04. The van der Waals surface area contributed by atoms with Crippen LogP contribution in [0.2, 0.25) is 0 Å². The molecule has 22 heavy (non-hydrogen) atoms. The van der Waals surface area contributed by atoms with Gasteiger partial charge >= 0.3 is 0 Å². The van der Waals surface area contributed by atoms with E-state index in [0.717, 1.165) is 9.75 Å². The number of aryl methyl sites for hydroxylation is 1. The number of thiophene rings is 1. The average molecular weight is 319 g/mol. The molecule has 0 unspecified atom stereocenters. The lowest BCUT2D eigenvalue weighted by molar-refractivity contribution is -0.384. The maximum atomic E-state index is 11.5. The molecule has 0 spiro atoms. The zero-order valence-electron chi connectivity index (χ0n) is 11.7. The number of carbonyl (C=O) groups is 1. The molecular weight excluding hydrogens is 306 g/mol. The average Bonchev–Trinajstić information content (AvgIpc) is 2.91. The maximum Gasteiger partial charge on any atom is 0.277 e. The Labute approximate surface area is 130 Å². The van der Waals surface area contributed by atoms with Crippen LogP contribution in [0.5, 0.6) is 5.75 Å². The third kappa shape index (κ3) is 4.67. The molecule has 2 aromatic rings. The minimum atomic E-state index is -0.502. The number of nitrogens with one attached hydrogen (secondary N) is 1. The number of carbonyl (C=O) groups excluding carboxylic acids is 1. The number of non-ortho nitro benzene ring substituents is 1. The fraction of sp³-hybridized carbons (Fsp3) is 0.143. The van der Waals surface area contributed by atoms with Gasteiger partial charge in [0.1, 0.15) is 5.75 Å². The van der Waals surface area contributed by atoms with Crippen molar-refractivity contribution in [1.29, 1.82) is 0 Å². The minimum Gasteiger partial charge on any atom is -0.484 e. The zero-order valence-corrected chi connectivity index (χ0v) is 12.5. The zero-order chi connectivity index (χ0) is 15.9. The number of nitrogens with zero attached hydrogens (tertiary/aromatic N) is 2. The van der Waals surface area contributed by atoms with Crippen LogP contribution in [-0.4, -0.2) is 23.7 Å². The summed E-state index contributed by atoms with van der Waals surface area (Å²) in [6.45, 7) is 1.76. The van der Waals surface area contributed by atoms with E-state index >= 15 is 0 Å². The maximum absolute atomic E-state index is 11.5. The second-order valence-electron chi connectivity index (χ2n) is 4.28. The van der Waals surface area contributed by atoms with Crippen molar-refractivity contribution in [3.8, 4) is 5.75 Å². The smallest absolute Gasteiger partial charge is 0.277 e. The topological polar surface area (TPSA) is 93.8 Å². The van der Waals surface area contributed by atoms with E-state index < -0.39 is 10.8 Å². The summed E-state index contributed by atoms with van der Waals surface area (Å²) in [5.41, 5.74) is 2.31. The van der Waals surface area contributed by atoms with Crippen LogP contribution in [0.4, 0.5) is 5.69 Å². The molecule has 1 amide bonds. The molecule has 114 valence electrons. The van der Waals surface area contributed by atoms with E-state index in [2.05, 4.69) is 10.5 Å². The fourth-order valence-electron chi connectivity index (χ4n) is 1.54. The van der Waals surface area contributed by atoms with E-state index in [1.807, 2.05) is 19.1 Å². The van der Waals surface area contributed by atoms with E-state index in [9.17, 15) is 14.9 Å². The third-order valence-electron chi connectivity index (χ3n) is 2.56. The van der Waals surface area contributed by atoms with Crippen LogP contribution in [0, 0.1) is 17.0 Å². The van der Waals surface area contributed by atoms with Crippen LogP contribution in [0.1, 0.15) is 9.75 Å². The number of hydrogen-bond acceptors (Lipinski definition) is 6. The SMILES string of the molecule is Cc1ccc(C=NNC(=O)COc2ccc([N+](=O)[O-])cc2)s1. The van der Waals surface area contributed by atoms with Crippen molar-refractivity contribution >= 4 is 29.1 Å². The third-order valence-corrected chi connectivity index (χ3v) is 3.49. The van der Waals surface area contributed by atoms with E-state index in [-0.39, 0.29) is 12.3 Å². The van der Waals surface area contributed by atoms with E-state index in [0.29, 0.717) is 5.75 Å². The Balaban J connectivity index is 1.77. The molecule has 1 aromatic carbocycles. The van der Waals surface area contributed by atoms with E-state index in [1.165, 1.54) is 24.3 Å². The number of benzene rings is 1. The molecular formula is C14H13N3O4S. The second-order valence-corrected chi connectivity index (χ2v) is 5.60. The molecule has 0 fully saturated rings. The largest absolute Gasteiger partial charge is 0.484 e. The molecule has 0 atom stereocenters. The number of amides is 1. The Kier molecular flexibility index (Phi) is 5.21. The molecule has 1 aromatic heterocycles. The van der Waals surface area contributed by atoms with Crippen molar-refractivity contribution < 1.29 is 14.5 Å². The first kappa shape index (κ1) is 15.6. The predicted molar refractivity (Wildman–Crippen MR) is 83.4 cm³/mol. The summed E-state index contributed by atoms with van der Waals surface area (Å²) in [5.74, 6) is -0.0403. The molecule has 0 aliphatic rings. The monoisotopic (exact) mass is 319 g/mol. The second kappa shape index (κ2) is 7.32. The Morgan fingerprint density at radius 1 is 1.36 bits per heavy atom. The summed E-state index contributed by atoms with van der Waals surface area (Å²) in [5, 5.41) is 14.3. The summed E-state index contributed by atoms with van der Waals surface area (Å²) >= 11 is 1.57. The normalized spacial score (nSPS) is 10.6. The summed E-state index contributed by atoms with van der Waals surface area (Å²) in [4.78, 5) is 23.6. The van der Waals surface area contributed by atoms with Gasteiger partial charge in [-0.2, -0.15) is 5.10 Å². The molecule has 1 N–H and O–H groups in total. The molecule has 2 rings (SSSR count). The van der Waals surface area contributed by atoms with Crippen molar-refractivity contribution in [3.05, 3.63) is 56.3 Å². The Bertz CT molecular complexity index is 694. The summed E-state index contributed by atoms with van der Waals surface area (Å²) in [6.07, 6.45) is 1.56. The van der Waals surface area contributed by atoms with Crippen molar-refractivity contribution in [3.63, 3.8) is 0 Å². The van der Waals surface area contributed by atoms with Gasteiger partial charge < -0.3 is 4.74 Å². The quantitative estimate of drug-likeness (QED) is 0.503. The van der Waals surface area contributed by atoms with Crippen LogP contribution < -0.4 is 10.2 Å². The molecule has 0 aliphatic heterocycles. The standard InChI is InChI=1S/C14H13N3O4S/c1-10-2-7-13(22-10)8-15-16-14(18)9-21-12-5-3-11(4-6-12)17(19)20/h2-8H,9H2,1H3,(H,16,18). The lowest BCUT2D eigenvalue weighted by Crippen LogP contribution is -2.24. The highest BCUT2D eigenvalue weighted by Crippen LogP contribution is 2.17. The number of hydrogen-bond donors (Lipinski definition) is 1. The lowest BCUT2D eigenvalue weighted by atomic mass is 10.3. The van der Waals surface area contributed by atoms with E-state index in [1.54, 1.807) is 17.6 Å². The van der Waals surface area contributed by atoms with Gasteiger partial charge in [-0.1, -0.05) is 0 Å². The van der Waals surface area contributed by atoms with Crippen LogP contribution in [-0.2, 0) is 4.79 Å².